The van der Waals surface area contributed by atoms with Crippen LogP contribution in [0.25, 0.3) is 0 Å². The van der Waals surface area contributed by atoms with Crippen molar-refractivity contribution in [3.63, 3.8) is 0 Å². The van der Waals surface area contributed by atoms with Crippen LogP contribution < -0.4 is 10.2 Å². The van der Waals surface area contributed by atoms with E-state index in [4.69, 9.17) is 11.6 Å². The average molecular weight is 452 g/mol. The third kappa shape index (κ3) is 4.91. The van der Waals surface area contributed by atoms with Crippen LogP contribution in [0.15, 0.2) is 41.6 Å². The number of hydrogen-bond donors (Lipinski definition) is 1. The van der Waals surface area contributed by atoms with Crippen LogP contribution in [0.1, 0.15) is 26.7 Å². The lowest BCUT2D eigenvalue weighted by atomic mass is 9.97. The van der Waals surface area contributed by atoms with E-state index >= 15 is 0 Å². The number of nitrogens with one attached hydrogen (secondary N) is 1. The Balaban J connectivity index is 1.75. The van der Waals surface area contributed by atoms with Crippen molar-refractivity contribution in [1.29, 1.82) is 0 Å². The van der Waals surface area contributed by atoms with Gasteiger partial charge in [-0.05, 0) is 37.1 Å². The van der Waals surface area contributed by atoms with E-state index in [0.717, 1.165) is 19.4 Å². The fourth-order valence-electron chi connectivity index (χ4n) is 3.55. The molecule has 0 aliphatic carbocycles. The van der Waals surface area contributed by atoms with Gasteiger partial charge in [-0.1, -0.05) is 25.4 Å². The summed E-state index contributed by atoms with van der Waals surface area (Å²) < 4.78 is 27.1. The lowest BCUT2D eigenvalue weighted by Gasteiger charge is -2.31. The predicted octanol–water partition coefficient (Wildman–Crippen LogP) is 3.02. The van der Waals surface area contributed by atoms with Crippen LogP contribution in [-0.2, 0) is 14.8 Å². The number of rotatable bonds is 7. The van der Waals surface area contributed by atoms with Gasteiger partial charge in [-0.25, -0.2) is 18.4 Å². The monoisotopic (exact) mass is 451 g/mol. The number of sulfonamides is 1. The Bertz CT molecular complexity index is 983. The fraction of sp³-hybridized carbons (Fsp3) is 0.450. The molecule has 1 saturated heterocycles. The van der Waals surface area contributed by atoms with Crippen molar-refractivity contribution in [1.82, 2.24) is 14.3 Å². The molecule has 1 aromatic carbocycles. The Morgan fingerprint density at radius 2 is 1.97 bits per heavy atom. The number of halogens is 1. The maximum atomic E-state index is 12.9. The molecule has 30 heavy (non-hydrogen) atoms. The number of hydrogen-bond acceptors (Lipinski definition) is 6. The number of amides is 1. The quantitative estimate of drug-likeness (QED) is 0.695. The highest BCUT2D eigenvalue weighted by molar-refractivity contribution is 7.89. The second-order valence-electron chi connectivity index (χ2n) is 7.06. The number of piperidine rings is 1. The van der Waals surface area contributed by atoms with Crippen molar-refractivity contribution >= 4 is 39.2 Å². The van der Waals surface area contributed by atoms with Gasteiger partial charge in [-0.2, -0.15) is 4.31 Å². The molecule has 8 nitrogen and oxygen atoms in total. The normalized spacial score (nSPS) is 17.2. The van der Waals surface area contributed by atoms with Crippen LogP contribution >= 0.6 is 11.6 Å². The molecule has 1 aliphatic heterocycles. The van der Waals surface area contributed by atoms with Gasteiger partial charge in [0.15, 0.2) is 0 Å². The number of anilines is 2. The summed E-state index contributed by atoms with van der Waals surface area (Å²) in [4.78, 5) is 23.4. The minimum atomic E-state index is -3.73. The zero-order chi connectivity index (χ0) is 21.7. The van der Waals surface area contributed by atoms with Crippen molar-refractivity contribution in [2.45, 2.75) is 31.6 Å². The minimum absolute atomic E-state index is 0.00590. The summed E-state index contributed by atoms with van der Waals surface area (Å²) in [5, 5.41) is 2.98. The maximum absolute atomic E-state index is 12.9. The van der Waals surface area contributed by atoms with Gasteiger partial charge in [-0.3, -0.25) is 4.79 Å². The van der Waals surface area contributed by atoms with Crippen molar-refractivity contribution in [2.75, 3.05) is 36.4 Å². The van der Waals surface area contributed by atoms with E-state index in [-0.39, 0.29) is 21.7 Å². The largest absolute Gasteiger partial charge is 0.340 e. The van der Waals surface area contributed by atoms with Gasteiger partial charge in [0.25, 0.3) is 0 Å². The Morgan fingerprint density at radius 3 is 2.63 bits per heavy atom. The summed E-state index contributed by atoms with van der Waals surface area (Å²) in [5.41, 5.74) is 0.406. The maximum Gasteiger partial charge on any atom is 0.244 e. The Labute approximate surface area is 182 Å². The second kappa shape index (κ2) is 9.72. The lowest BCUT2D eigenvalue weighted by Crippen LogP contribution is -2.41. The van der Waals surface area contributed by atoms with E-state index in [1.54, 1.807) is 38.4 Å². The molecule has 162 valence electrons. The van der Waals surface area contributed by atoms with Crippen LogP contribution in [0.4, 0.5) is 11.6 Å². The molecule has 1 aliphatic rings. The molecule has 1 unspecified atom stereocenters. The first-order chi connectivity index (χ1) is 14.4. The molecule has 1 amide bonds. The second-order valence-corrected chi connectivity index (χ2v) is 9.37. The van der Waals surface area contributed by atoms with Crippen LogP contribution in [0.5, 0.6) is 0 Å². The van der Waals surface area contributed by atoms with E-state index in [0.29, 0.717) is 31.3 Å². The zero-order valence-electron chi connectivity index (χ0n) is 17.1. The highest BCUT2D eigenvalue weighted by atomic mass is 35.5. The molecule has 2 heterocycles. The van der Waals surface area contributed by atoms with Crippen LogP contribution in [-0.4, -0.2) is 54.8 Å². The summed E-state index contributed by atoms with van der Waals surface area (Å²) in [6.07, 6.45) is 4.95. The number of aromatic nitrogens is 2. The number of benzene rings is 1. The molecule has 1 fully saturated rings. The summed E-state index contributed by atoms with van der Waals surface area (Å²) in [5.74, 6) is 0.194. The molecular weight excluding hydrogens is 426 g/mol. The third-order valence-corrected chi connectivity index (χ3v) is 7.68. The van der Waals surface area contributed by atoms with Crippen molar-refractivity contribution < 1.29 is 13.2 Å². The molecule has 1 atom stereocenters. The van der Waals surface area contributed by atoms with Gasteiger partial charge >= 0.3 is 0 Å². The van der Waals surface area contributed by atoms with Gasteiger partial charge < -0.3 is 10.2 Å². The van der Waals surface area contributed by atoms with Crippen LogP contribution in [0.3, 0.4) is 0 Å². The topological polar surface area (TPSA) is 95.5 Å². The van der Waals surface area contributed by atoms with Crippen LogP contribution in [0, 0.1) is 5.92 Å². The highest BCUT2D eigenvalue weighted by Crippen LogP contribution is 2.28. The summed E-state index contributed by atoms with van der Waals surface area (Å²) in [6.45, 7) is 5.52. The molecular formula is C20H26ClN5O3S. The Morgan fingerprint density at radius 1 is 1.27 bits per heavy atom. The van der Waals surface area contributed by atoms with Crippen molar-refractivity contribution in [3.05, 3.63) is 41.7 Å². The van der Waals surface area contributed by atoms with E-state index in [2.05, 4.69) is 15.3 Å². The smallest absolute Gasteiger partial charge is 0.244 e. The molecule has 0 bridgehead atoms. The number of carbonyl (C=O) groups is 1. The van der Waals surface area contributed by atoms with Gasteiger partial charge in [0, 0.05) is 44.3 Å². The van der Waals surface area contributed by atoms with Gasteiger partial charge in [-0.15, -0.1) is 0 Å². The molecule has 0 radical (unpaired) electrons. The van der Waals surface area contributed by atoms with E-state index < -0.39 is 10.0 Å². The predicted molar refractivity (Wildman–Crippen MR) is 117 cm³/mol. The first kappa shape index (κ1) is 22.5. The molecule has 2 aromatic rings. The molecule has 10 heteroatoms. The number of nitrogens with zero attached hydrogens (tertiary/aromatic N) is 4. The molecule has 1 N–H and O–H groups in total. The standard InChI is InChI=1S/C20H26ClN5O3S/c1-3-26(4-2)30(28,29)18-13-16(8-9-17(18)21)24-19(27)15-7-5-12-25(14-15)20-22-10-6-11-23-20/h6,8-11,13,15H,3-5,7,12,14H2,1-2H3,(H,24,27). The summed E-state index contributed by atoms with van der Waals surface area (Å²) >= 11 is 6.17. The van der Waals surface area contributed by atoms with Gasteiger partial charge in [0.05, 0.1) is 10.9 Å². The van der Waals surface area contributed by atoms with E-state index in [9.17, 15) is 13.2 Å². The van der Waals surface area contributed by atoms with Gasteiger partial charge in [0.2, 0.25) is 21.9 Å². The van der Waals surface area contributed by atoms with Crippen molar-refractivity contribution in [2.24, 2.45) is 5.92 Å². The lowest BCUT2D eigenvalue weighted by molar-refractivity contribution is -0.120. The SMILES string of the molecule is CCN(CC)S(=O)(=O)c1cc(NC(=O)C2CCCN(c3ncccn3)C2)ccc1Cl. The molecule has 0 saturated carbocycles. The van der Waals surface area contributed by atoms with Crippen LogP contribution in [0.2, 0.25) is 5.02 Å². The van der Waals surface area contributed by atoms with E-state index in [1.165, 1.54) is 16.4 Å². The van der Waals surface area contributed by atoms with Crippen molar-refractivity contribution in [3.8, 4) is 0 Å². The molecule has 1 aromatic heterocycles. The minimum Gasteiger partial charge on any atom is -0.340 e. The molecule has 0 spiro atoms. The summed E-state index contributed by atoms with van der Waals surface area (Å²) in [7, 11) is -3.73. The van der Waals surface area contributed by atoms with E-state index in [1.807, 2.05) is 4.90 Å². The third-order valence-electron chi connectivity index (χ3n) is 5.15. The summed E-state index contributed by atoms with van der Waals surface area (Å²) in [6, 6.07) is 6.29. The average Bonchev–Trinajstić information content (AvgIpc) is 2.76. The highest BCUT2D eigenvalue weighted by Gasteiger charge is 2.28. The number of carbonyl (C=O) groups excluding carboxylic acids is 1. The Kier molecular flexibility index (Phi) is 7.27. The van der Waals surface area contributed by atoms with Gasteiger partial charge in [0.1, 0.15) is 4.90 Å². The molecule has 3 rings (SSSR count). The fourth-order valence-corrected chi connectivity index (χ4v) is 5.51. The Hall–Kier alpha value is -2.23. The zero-order valence-corrected chi connectivity index (χ0v) is 18.7. The first-order valence-electron chi connectivity index (χ1n) is 9.99. The first-order valence-corrected chi connectivity index (χ1v) is 11.8.